The lowest BCUT2D eigenvalue weighted by molar-refractivity contribution is -0.115. The number of benzene rings is 3. The first kappa shape index (κ1) is 24.7. The maximum atomic E-state index is 13.2. The van der Waals surface area contributed by atoms with Crippen molar-refractivity contribution in [3.63, 3.8) is 0 Å². The van der Waals surface area contributed by atoms with Crippen LogP contribution in [0.15, 0.2) is 72.8 Å². The number of hydrogen-bond acceptors (Lipinski definition) is 5. The number of hydrogen-bond donors (Lipinski definition) is 4. The van der Waals surface area contributed by atoms with Gasteiger partial charge >= 0.3 is 0 Å². The number of fused-ring (bicyclic) bond motifs is 1. The summed E-state index contributed by atoms with van der Waals surface area (Å²) >= 11 is 0. The number of anilines is 2. The fourth-order valence-corrected chi connectivity index (χ4v) is 3.93. The smallest absolute Gasteiger partial charge is 0.296 e. The van der Waals surface area contributed by atoms with E-state index in [-0.39, 0.29) is 19.1 Å². The summed E-state index contributed by atoms with van der Waals surface area (Å²) in [6.45, 7) is 0.845. The highest BCUT2D eigenvalue weighted by Gasteiger charge is 2.28. The molecule has 7 nitrogen and oxygen atoms in total. The van der Waals surface area contributed by atoms with Gasteiger partial charge in [-0.05, 0) is 49.5 Å². The van der Waals surface area contributed by atoms with Crippen LogP contribution in [-0.4, -0.2) is 49.1 Å². The molecular weight excluding hydrogens is 452 g/mol. The number of rotatable bonds is 7. The van der Waals surface area contributed by atoms with Crippen molar-refractivity contribution in [1.82, 2.24) is 10.2 Å². The number of nitrogens with one attached hydrogen (secondary N) is 3. The second-order valence-electron chi connectivity index (χ2n) is 8.62. The third-order valence-corrected chi connectivity index (χ3v) is 5.52. The largest absolute Gasteiger partial charge is 0.395 e. The van der Waals surface area contributed by atoms with Crippen molar-refractivity contribution in [2.24, 2.45) is 0 Å². The summed E-state index contributed by atoms with van der Waals surface area (Å²) in [7, 11) is 4.06. The van der Waals surface area contributed by atoms with Crippen molar-refractivity contribution in [3.8, 4) is 11.8 Å². The van der Waals surface area contributed by atoms with Gasteiger partial charge in [0.05, 0.1) is 23.6 Å². The summed E-state index contributed by atoms with van der Waals surface area (Å²) < 4.78 is 0. The molecule has 36 heavy (non-hydrogen) atoms. The van der Waals surface area contributed by atoms with E-state index in [1.54, 1.807) is 12.1 Å². The van der Waals surface area contributed by atoms with E-state index in [1.807, 2.05) is 62.6 Å². The summed E-state index contributed by atoms with van der Waals surface area (Å²) in [6, 6.07) is 23.3. The second kappa shape index (κ2) is 11.4. The van der Waals surface area contributed by atoms with E-state index in [1.165, 1.54) is 5.56 Å². The molecule has 4 rings (SSSR count). The van der Waals surface area contributed by atoms with Crippen molar-refractivity contribution < 1.29 is 14.7 Å². The Balaban J connectivity index is 1.69. The maximum Gasteiger partial charge on any atom is 0.296 e. The zero-order valence-electron chi connectivity index (χ0n) is 20.3. The van der Waals surface area contributed by atoms with Gasteiger partial charge < -0.3 is 26.0 Å². The molecule has 0 bridgehead atoms. The van der Waals surface area contributed by atoms with E-state index in [0.717, 1.165) is 23.4 Å². The minimum absolute atomic E-state index is 0.147. The highest BCUT2D eigenvalue weighted by molar-refractivity contribution is 6.37. The van der Waals surface area contributed by atoms with Crippen LogP contribution in [0.3, 0.4) is 0 Å². The van der Waals surface area contributed by atoms with E-state index >= 15 is 0 Å². The lowest BCUT2D eigenvalue weighted by Crippen LogP contribution is -2.24. The molecular formula is C29H28N4O3. The van der Waals surface area contributed by atoms with Gasteiger partial charge in [0.1, 0.15) is 0 Å². The molecule has 3 aromatic rings. The Labute approximate surface area is 210 Å². The fourth-order valence-electron chi connectivity index (χ4n) is 3.93. The number of aliphatic hydroxyl groups excluding tert-OH is 1. The lowest BCUT2D eigenvalue weighted by atomic mass is 9.99. The second-order valence-corrected chi connectivity index (χ2v) is 8.62. The highest BCUT2D eigenvalue weighted by Crippen LogP contribution is 2.38. The van der Waals surface area contributed by atoms with Gasteiger partial charge in [-0.25, -0.2) is 0 Å². The lowest BCUT2D eigenvalue weighted by Gasteiger charge is -2.16. The van der Waals surface area contributed by atoms with Crippen molar-refractivity contribution >= 4 is 34.5 Å². The number of aliphatic hydroxyl groups is 1. The predicted octanol–water partition coefficient (Wildman–Crippen LogP) is 3.14. The minimum Gasteiger partial charge on any atom is -0.395 e. The van der Waals surface area contributed by atoms with Crippen molar-refractivity contribution in [2.45, 2.75) is 6.54 Å². The van der Waals surface area contributed by atoms with Gasteiger partial charge in [0.2, 0.25) is 0 Å². The van der Waals surface area contributed by atoms with Crippen LogP contribution < -0.4 is 16.0 Å². The number of amides is 2. The Morgan fingerprint density at radius 3 is 2.47 bits per heavy atom. The first-order chi connectivity index (χ1) is 17.4. The Morgan fingerprint density at radius 2 is 1.78 bits per heavy atom. The molecule has 4 N–H and O–H groups in total. The maximum absolute atomic E-state index is 13.2. The molecule has 182 valence electrons. The Hall–Kier alpha value is -4.38. The summed E-state index contributed by atoms with van der Waals surface area (Å²) in [6.07, 6.45) is 0. The number of nitrogens with zero attached hydrogens (tertiary/aromatic N) is 1. The van der Waals surface area contributed by atoms with Gasteiger partial charge in [-0.3, -0.25) is 9.59 Å². The predicted molar refractivity (Wildman–Crippen MR) is 143 cm³/mol. The van der Waals surface area contributed by atoms with Gasteiger partial charge in [0.25, 0.3) is 11.8 Å². The van der Waals surface area contributed by atoms with E-state index in [9.17, 15) is 9.59 Å². The molecule has 1 aliphatic heterocycles. The summed E-state index contributed by atoms with van der Waals surface area (Å²) in [5.41, 5.74) is 6.18. The zero-order valence-corrected chi connectivity index (χ0v) is 20.3. The molecule has 3 aromatic carbocycles. The third-order valence-electron chi connectivity index (χ3n) is 5.52. The van der Waals surface area contributed by atoms with E-state index in [2.05, 4.69) is 44.8 Å². The quantitative estimate of drug-likeness (QED) is 0.308. The van der Waals surface area contributed by atoms with Crippen LogP contribution in [0.4, 0.5) is 11.4 Å². The van der Waals surface area contributed by atoms with Crippen molar-refractivity contribution in [1.29, 1.82) is 0 Å². The van der Waals surface area contributed by atoms with Crippen molar-refractivity contribution in [2.75, 3.05) is 37.9 Å². The normalized spacial score (nSPS) is 13.4. The molecule has 0 saturated carbocycles. The van der Waals surface area contributed by atoms with Crippen LogP contribution in [0.25, 0.3) is 11.3 Å². The molecule has 0 saturated heterocycles. The number of carbonyl (C=O) groups excluding carboxylic acids is 2. The summed E-state index contributed by atoms with van der Waals surface area (Å²) in [5.74, 6) is 4.61. The van der Waals surface area contributed by atoms with Gasteiger partial charge in [-0.2, -0.15) is 0 Å². The van der Waals surface area contributed by atoms with E-state index in [4.69, 9.17) is 5.11 Å². The molecule has 0 aliphatic carbocycles. The first-order valence-corrected chi connectivity index (χ1v) is 11.6. The van der Waals surface area contributed by atoms with Crippen molar-refractivity contribution in [3.05, 3.63) is 95.1 Å². The van der Waals surface area contributed by atoms with E-state index < -0.39 is 5.91 Å². The Morgan fingerprint density at radius 1 is 1.03 bits per heavy atom. The summed E-state index contributed by atoms with van der Waals surface area (Å²) in [4.78, 5) is 27.0. The van der Waals surface area contributed by atoms with Gasteiger partial charge in [-0.15, -0.1) is 0 Å². The molecule has 1 heterocycles. The molecule has 2 amide bonds. The van der Waals surface area contributed by atoms with E-state index in [0.29, 0.717) is 22.5 Å². The average Bonchev–Trinajstić information content (AvgIpc) is 3.20. The fraction of sp³-hybridized carbons (Fsp3) is 0.172. The Bertz CT molecular complexity index is 1350. The van der Waals surface area contributed by atoms with Crippen LogP contribution in [0.5, 0.6) is 0 Å². The van der Waals surface area contributed by atoms with Crippen LogP contribution >= 0.6 is 0 Å². The van der Waals surface area contributed by atoms with Gasteiger partial charge in [-0.1, -0.05) is 54.5 Å². The molecule has 7 heteroatoms. The molecule has 0 atom stereocenters. The van der Waals surface area contributed by atoms with Crippen LogP contribution in [0.1, 0.15) is 22.3 Å². The third kappa shape index (κ3) is 5.99. The number of carbonyl (C=O) groups is 2. The highest BCUT2D eigenvalue weighted by atomic mass is 16.3. The molecule has 0 unspecified atom stereocenters. The average molecular weight is 481 g/mol. The molecule has 0 radical (unpaired) electrons. The zero-order chi connectivity index (χ0) is 25.5. The monoisotopic (exact) mass is 480 g/mol. The minimum atomic E-state index is -0.471. The van der Waals surface area contributed by atoms with Gasteiger partial charge in [0.15, 0.2) is 0 Å². The molecule has 0 spiro atoms. The first-order valence-electron chi connectivity index (χ1n) is 11.6. The van der Waals surface area contributed by atoms with Gasteiger partial charge in [0, 0.05) is 35.8 Å². The van der Waals surface area contributed by atoms with Crippen LogP contribution in [0.2, 0.25) is 0 Å². The Kier molecular flexibility index (Phi) is 7.81. The topological polar surface area (TPSA) is 93.7 Å². The SMILES string of the molecule is CN(C)Cc1ccc(NC(=C2C(=O)Nc3cc(C#CC(=O)NCCO)ccc32)c2ccccc2)cc1. The van der Waals surface area contributed by atoms with Crippen LogP contribution in [0, 0.1) is 11.8 Å². The molecule has 0 aromatic heterocycles. The molecule has 0 fully saturated rings. The molecule has 1 aliphatic rings. The standard InChI is InChI=1S/C29H28N4O3/c1-33(2)19-21-8-12-23(13-9-21)31-28(22-6-4-3-5-7-22)27-24-14-10-20(18-25(24)32-29(27)36)11-15-26(35)30-16-17-34/h3-10,12-14,18,31,34H,16-17,19H2,1-2H3,(H,30,35)(H,32,36). The summed E-state index contributed by atoms with van der Waals surface area (Å²) in [5, 5.41) is 17.7. The van der Waals surface area contributed by atoms with Crippen LogP contribution in [-0.2, 0) is 16.1 Å².